The molecule has 3 aromatic heterocycles. The number of aliphatic imine (C=N–C) groups is 1. The molecule has 6 aromatic rings. The van der Waals surface area contributed by atoms with Crippen molar-refractivity contribution in [2.24, 2.45) is 4.99 Å². The zero-order valence-electron chi connectivity index (χ0n) is 25.4. The van der Waals surface area contributed by atoms with Crippen molar-refractivity contribution in [1.82, 2.24) is 14.5 Å². The summed E-state index contributed by atoms with van der Waals surface area (Å²) in [6.07, 6.45) is 1.35. The van der Waals surface area contributed by atoms with Crippen LogP contribution in [0.15, 0.2) is 82.2 Å². The van der Waals surface area contributed by atoms with Gasteiger partial charge in [-0.15, -0.1) is 0 Å². The zero-order chi connectivity index (χ0) is 33.0. The molecule has 1 aliphatic rings. The minimum atomic E-state index is -3.78. The van der Waals surface area contributed by atoms with Gasteiger partial charge in [0.2, 0.25) is 10.0 Å². The molecule has 238 valence electrons. The average molecular weight is 656 g/mol. The monoisotopic (exact) mass is 655 g/mol. The van der Waals surface area contributed by atoms with E-state index in [9.17, 15) is 22.0 Å². The van der Waals surface area contributed by atoms with E-state index in [4.69, 9.17) is 14.1 Å². The van der Waals surface area contributed by atoms with Crippen LogP contribution >= 0.6 is 0 Å². The molecule has 0 aliphatic carbocycles. The van der Waals surface area contributed by atoms with Crippen molar-refractivity contribution in [2.75, 3.05) is 24.6 Å². The molecule has 7 rings (SSSR count). The number of halogens is 2. The predicted molar refractivity (Wildman–Crippen MR) is 176 cm³/mol. The number of hydrogen-bond acceptors (Lipinski definition) is 6. The van der Waals surface area contributed by atoms with Crippen LogP contribution in [-0.2, 0) is 16.8 Å². The third kappa shape index (κ3) is 5.37. The summed E-state index contributed by atoms with van der Waals surface area (Å²) in [4.78, 5) is 24.2. The summed E-state index contributed by atoms with van der Waals surface area (Å²) in [6, 6.07) is 18.4. The number of furan rings is 1. The molecule has 0 radical (unpaired) electrons. The van der Waals surface area contributed by atoms with Crippen molar-refractivity contribution in [3.05, 3.63) is 90.0 Å². The molecular formula is C34H27F2N5O5S. The smallest absolute Gasteiger partial charge is 0.282 e. The van der Waals surface area contributed by atoms with Crippen molar-refractivity contribution in [1.29, 1.82) is 0 Å². The molecule has 1 N–H and O–H groups in total. The number of amides is 1. The van der Waals surface area contributed by atoms with Gasteiger partial charge in [0.15, 0.2) is 6.73 Å². The van der Waals surface area contributed by atoms with Gasteiger partial charge < -0.3 is 18.6 Å². The van der Waals surface area contributed by atoms with E-state index in [-0.39, 0.29) is 40.9 Å². The van der Waals surface area contributed by atoms with Crippen molar-refractivity contribution in [2.45, 2.75) is 13.7 Å². The Morgan fingerprint density at radius 1 is 1.06 bits per heavy atom. The first-order valence-corrected chi connectivity index (χ1v) is 16.2. The lowest BCUT2D eigenvalue weighted by atomic mass is 10.0. The first-order chi connectivity index (χ1) is 22.5. The van der Waals surface area contributed by atoms with E-state index in [0.717, 1.165) is 0 Å². The molecule has 1 aliphatic heterocycles. The molecule has 0 atom stereocenters. The molecule has 4 heterocycles. The largest absolute Gasteiger partial charge is 0.470 e. The molecule has 1 amide bonds. The molecular weight excluding hydrogens is 628 g/mol. The molecule has 0 spiro atoms. The fraction of sp³-hybridized carbons (Fsp3) is 0.147. The molecule has 0 saturated heterocycles. The molecule has 0 saturated carbocycles. The maximum atomic E-state index is 14.7. The zero-order valence-corrected chi connectivity index (χ0v) is 26.2. The number of ether oxygens (including phenoxy) is 1. The number of anilines is 1. The minimum Gasteiger partial charge on any atom is -0.470 e. The quantitative estimate of drug-likeness (QED) is 0.147. The Kier molecular flexibility index (Phi) is 7.27. The Bertz CT molecular complexity index is 2360. The summed E-state index contributed by atoms with van der Waals surface area (Å²) >= 11 is 0. The molecule has 47 heavy (non-hydrogen) atoms. The van der Waals surface area contributed by atoms with Crippen molar-refractivity contribution in [3.8, 4) is 39.7 Å². The third-order valence-electron chi connectivity index (χ3n) is 7.82. The second-order valence-corrected chi connectivity index (χ2v) is 13.2. The number of nitrogens with zero attached hydrogens (tertiary/aromatic N) is 4. The summed E-state index contributed by atoms with van der Waals surface area (Å²) in [5.41, 5.74) is 3.27. The van der Waals surface area contributed by atoms with Gasteiger partial charge in [0.25, 0.3) is 5.91 Å². The highest BCUT2D eigenvalue weighted by molar-refractivity contribution is 7.92. The Morgan fingerprint density at radius 3 is 2.60 bits per heavy atom. The van der Waals surface area contributed by atoms with Gasteiger partial charge >= 0.3 is 0 Å². The van der Waals surface area contributed by atoms with Gasteiger partial charge in [-0.3, -0.25) is 9.52 Å². The molecule has 0 unspecified atom stereocenters. The predicted octanol–water partition coefficient (Wildman–Crippen LogP) is 6.90. The second kappa shape index (κ2) is 11.4. The van der Waals surface area contributed by atoms with E-state index in [1.54, 1.807) is 55.4 Å². The number of hydrogen-bond donors (Lipinski definition) is 1. The Labute approximate surface area is 268 Å². The van der Waals surface area contributed by atoms with E-state index in [0.29, 0.717) is 50.2 Å². The highest BCUT2D eigenvalue weighted by atomic mass is 32.2. The third-order valence-corrected chi connectivity index (χ3v) is 9.11. The Balaban J connectivity index is 1.48. The Hall–Kier alpha value is -5.56. The number of carbonyl (C=O) groups excluding carboxylic acids is 1. The van der Waals surface area contributed by atoms with Crippen molar-refractivity contribution >= 4 is 49.8 Å². The first-order valence-electron chi connectivity index (χ1n) is 14.6. The summed E-state index contributed by atoms with van der Waals surface area (Å²) in [7, 11) is -0.348. The highest BCUT2D eigenvalue weighted by Crippen LogP contribution is 2.43. The van der Waals surface area contributed by atoms with Gasteiger partial charge in [0, 0.05) is 42.1 Å². The van der Waals surface area contributed by atoms with Gasteiger partial charge in [-0.2, -0.15) is 4.99 Å². The second-order valence-electron chi connectivity index (χ2n) is 11.2. The van der Waals surface area contributed by atoms with E-state index in [2.05, 4.69) is 9.71 Å². The van der Waals surface area contributed by atoms with Crippen LogP contribution in [0.4, 0.5) is 14.5 Å². The van der Waals surface area contributed by atoms with Gasteiger partial charge in [-0.1, -0.05) is 6.07 Å². The van der Waals surface area contributed by atoms with Crippen LogP contribution in [-0.4, -0.2) is 55.0 Å². The topological polar surface area (TPSA) is 119 Å². The number of fused-ring (bicyclic) bond motifs is 6. The molecule has 0 bridgehead atoms. The number of rotatable bonds is 7. The van der Waals surface area contributed by atoms with Crippen LogP contribution in [0.3, 0.4) is 0 Å². The van der Waals surface area contributed by atoms with Gasteiger partial charge in [-0.05, 0) is 67.6 Å². The lowest BCUT2D eigenvalue weighted by Crippen LogP contribution is -2.16. The lowest BCUT2D eigenvalue weighted by Gasteiger charge is -2.21. The fourth-order valence-corrected chi connectivity index (χ4v) is 6.19. The van der Waals surface area contributed by atoms with Gasteiger partial charge in [-0.25, -0.2) is 22.2 Å². The van der Waals surface area contributed by atoms with Gasteiger partial charge in [0.05, 0.1) is 40.2 Å². The summed E-state index contributed by atoms with van der Waals surface area (Å²) in [5, 5.41) is 0.753. The summed E-state index contributed by atoms with van der Waals surface area (Å²) < 4.78 is 70.8. The van der Waals surface area contributed by atoms with E-state index in [1.807, 2.05) is 4.57 Å². The molecule has 3 aromatic carbocycles. The van der Waals surface area contributed by atoms with E-state index in [1.165, 1.54) is 49.7 Å². The fourth-order valence-electron chi connectivity index (χ4n) is 5.54. The van der Waals surface area contributed by atoms with Crippen LogP contribution in [0.25, 0.3) is 55.8 Å². The normalized spacial score (nSPS) is 12.7. The van der Waals surface area contributed by atoms with Gasteiger partial charge in [0.1, 0.15) is 34.4 Å². The summed E-state index contributed by atoms with van der Waals surface area (Å²) in [5.74, 6) is -1.06. The minimum absolute atomic E-state index is 0.104. The first kappa shape index (κ1) is 30.1. The Morgan fingerprint density at radius 2 is 1.85 bits per heavy atom. The van der Waals surface area contributed by atoms with Crippen molar-refractivity contribution < 1.29 is 31.1 Å². The van der Waals surface area contributed by atoms with E-state index >= 15 is 0 Å². The summed E-state index contributed by atoms with van der Waals surface area (Å²) in [6.45, 7) is 1.66. The SMILES string of the molecule is CCS(=O)(=O)Nc1cc2oc(-c3ccc(F)cc3)c(C(=O)N=CN(C)C)c2cc1-c1ccc2c(n1)-c1cc3c(F)cccc3n1CO2. The number of sulfonamides is 1. The molecule has 0 fully saturated rings. The van der Waals surface area contributed by atoms with Crippen LogP contribution in [0.2, 0.25) is 0 Å². The standard InChI is InChI=1S/C34H27F2N5O5S/c1-4-47(43,44)39-26-16-30-23(31(34(42)37-17-40(2)3)33(46-30)19-8-10-20(35)11-9-19)14-22(26)25-12-13-29-32(38-25)28-15-21-24(36)6-5-7-27(21)41(28)18-45-29/h5-17,39H,4,18H2,1-3H3. The van der Waals surface area contributed by atoms with Crippen LogP contribution in [0.5, 0.6) is 5.75 Å². The number of aromatic nitrogens is 2. The number of carbonyl (C=O) groups is 1. The number of pyridine rings is 1. The number of nitrogens with one attached hydrogen (secondary N) is 1. The molecule has 10 nitrogen and oxygen atoms in total. The highest BCUT2D eigenvalue weighted by Gasteiger charge is 2.27. The maximum Gasteiger partial charge on any atom is 0.282 e. The van der Waals surface area contributed by atoms with Crippen LogP contribution in [0.1, 0.15) is 17.3 Å². The maximum absolute atomic E-state index is 14.7. The van der Waals surface area contributed by atoms with Crippen molar-refractivity contribution in [3.63, 3.8) is 0 Å². The number of benzene rings is 3. The average Bonchev–Trinajstić information content (AvgIpc) is 3.63. The van der Waals surface area contributed by atoms with Crippen LogP contribution < -0.4 is 9.46 Å². The molecule has 13 heteroatoms. The lowest BCUT2D eigenvalue weighted by molar-refractivity contribution is 0.100. The van der Waals surface area contributed by atoms with E-state index < -0.39 is 21.7 Å². The van der Waals surface area contributed by atoms with Crippen LogP contribution in [0, 0.1) is 11.6 Å².